The van der Waals surface area contributed by atoms with Crippen molar-refractivity contribution in [3.63, 3.8) is 0 Å². The van der Waals surface area contributed by atoms with Crippen LogP contribution < -0.4 is 10.6 Å². The zero-order valence-electron chi connectivity index (χ0n) is 9.95. The Bertz CT molecular complexity index is 252. The van der Waals surface area contributed by atoms with Crippen molar-refractivity contribution in [3.8, 4) is 0 Å². The van der Waals surface area contributed by atoms with Gasteiger partial charge in [-0.15, -0.1) is 0 Å². The van der Waals surface area contributed by atoms with E-state index in [1.165, 1.54) is 6.42 Å². The van der Waals surface area contributed by atoms with Crippen molar-refractivity contribution < 1.29 is 0 Å². The van der Waals surface area contributed by atoms with Crippen LogP contribution in [0.3, 0.4) is 0 Å². The predicted molar refractivity (Wildman–Crippen MR) is 64.2 cm³/mol. The first kappa shape index (κ1) is 13.0. The molecule has 5 heteroatoms. The maximum absolute atomic E-state index is 4.07. The second kappa shape index (κ2) is 9.18. The fourth-order valence-corrected chi connectivity index (χ4v) is 1.37. The Morgan fingerprint density at radius 2 is 1.69 bits per heavy atom. The summed E-state index contributed by atoms with van der Waals surface area (Å²) in [6, 6.07) is 0. The smallest absolute Gasteiger partial charge is 0.131 e. The van der Waals surface area contributed by atoms with Gasteiger partial charge in [0.05, 0.1) is 0 Å². The molecule has 0 radical (unpaired) electrons. The molecule has 0 amide bonds. The van der Waals surface area contributed by atoms with Crippen molar-refractivity contribution in [3.05, 3.63) is 18.5 Å². The highest BCUT2D eigenvalue weighted by Crippen LogP contribution is 1.90. The second-order valence-corrected chi connectivity index (χ2v) is 3.66. The molecule has 0 saturated carbocycles. The fourth-order valence-electron chi connectivity index (χ4n) is 1.37. The summed E-state index contributed by atoms with van der Waals surface area (Å²) < 4.78 is 0. The van der Waals surface area contributed by atoms with Gasteiger partial charge < -0.3 is 10.6 Å². The van der Waals surface area contributed by atoms with Crippen LogP contribution in [0.15, 0.2) is 12.7 Å². The number of aryl methyl sites for hydroxylation is 1. The third-order valence-electron chi connectivity index (χ3n) is 2.21. The molecule has 0 aromatic carbocycles. The van der Waals surface area contributed by atoms with E-state index < -0.39 is 0 Å². The van der Waals surface area contributed by atoms with Gasteiger partial charge in [-0.1, -0.05) is 6.92 Å². The molecule has 16 heavy (non-hydrogen) atoms. The SMILES string of the molecule is CCCNCCNCCCc1ncncn1. The van der Waals surface area contributed by atoms with Gasteiger partial charge in [0.25, 0.3) is 0 Å². The van der Waals surface area contributed by atoms with Crippen molar-refractivity contribution in [2.45, 2.75) is 26.2 Å². The van der Waals surface area contributed by atoms with E-state index >= 15 is 0 Å². The molecule has 1 aromatic heterocycles. The first-order valence-corrected chi connectivity index (χ1v) is 5.95. The van der Waals surface area contributed by atoms with Crippen LogP contribution in [0.1, 0.15) is 25.6 Å². The third-order valence-corrected chi connectivity index (χ3v) is 2.21. The molecule has 0 spiro atoms. The minimum Gasteiger partial charge on any atom is -0.315 e. The van der Waals surface area contributed by atoms with Crippen LogP contribution in [0.25, 0.3) is 0 Å². The van der Waals surface area contributed by atoms with Crippen molar-refractivity contribution in [1.29, 1.82) is 0 Å². The molecule has 0 atom stereocenters. The van der Waals surface area contributed by atoms with Crippen LogP contribution in [-0.2, 0) is 6.42 Å². The average molecular weight is 223 g/mol. The maximum Gasteiger partial charge on any atom is 0.131 e. The number of nitrogens with zero attached hydrogens (tertiary/aromatic N) is 3. The molecule has 0 aliphatic carbocycles. The van der Waals surface area contributed by atoms with Crippen LogP contribution in [0.4, 0.5) is 0 Å². The Morgan fingerprint density at radius 3 is 2.38 bits per heavy atom. The van der Waals surface area contributed by atoms with E-state index in [1.807, 2.05) is 0 Å². The first-order chi connectivity index (χ1) is 7.93. The van der Waals surface area contributed by atoms with E-state index in [1.54, 1.807) is 12.7 Å². The molecule has 1 heterocycles. The van der Waals surface area contributed by atoms with Gasteiger partial charge in [0.1, 0.15) is 18.5 Å². The Balaban J connectivity index is 1.89. The van der Waals surface area contributed by atoms with E-state index in [-0.39, 0.29) is 0 Å². The van der Waals surface area contributed by atoms with E-state index in [4.69, 9.17) is 0 Å². The van der Waals surface area contributed by atoms with Gasteiger partial charge in [-0.25, -0.2) is 15.0 Å². The van der Waals surface area contributed by atoms with Crippen LogP contribution in [0.2, 0.25) is 0 Å². The minimum atomic E-state index is 0.876. The molecule has 5 nitrogen and oxygen atoms in total. The van der Waals surface area contributed by atoms with Crippen molar-refractivity contribution in [2.24, 2.45) is 0 Å². The normalized spacial score (nSPS) is 10.6. The molecule has 0 unspecified atom stereocenters. The van der Waals surface area contributed by atoms with Crippen LogP contribution >= 0.6 is 0 Å². The quantitative estimate of drug-likeness (QED) is 0.593. The summed E-state index contributed by atoms with van der Waals surface area (Å²) in [5.74, 6) is 0.876. The van der Waals surface area contributed by atoms with Gasteiger partial charge in [0.2, 0.25) is 0 Å². The summed E-state index contributed by atoms with van der Waals surface area (Å²) in [5.41, 5.74) is 0. The number of hydrogen-bond acceptors (Lipinski definition) is 5. The van der Waals surface area contributed by atoms with Crippen molar-refractivity contribution in [1.82, 2.24) is 25.6 Å². The summed E-state index contributed by atoms with van der Waals surface area (Å²) in [6.45, 7) is 6.36. The highest BCUT2D eigenvalue weighted by atomic mass is 15.0. The van der Waals surface area contributed by atoms with Gasteiger partial charge >= 0.3 is 0 Å². The summed E-state index contributed by atoms with van der Waals surface area (Å²) in [7, 11) is 0. The van der Waals surface area contributed by atoms with E-state index in [0.29, 0.717) is 0 Å². The Labute approximate surface area is 97.1 Å². The summed E-state index contributed by atoms with van der Waals surface area (Å²) in [5, 5.41) is 6.73. The summed E-state index contributed by atoms with van der Waals surface area (Å²) in [6.07, 6.45) is 6.27. The lowest BCUT2D eigenvalue weighted by Crippen LogP contribution is -2.28. The van der Waals surface area contributed by atoms with Crippen molar-refractivity contribution in [2.75, 3.05) is 26.2 Å². The van der Waals surface area contributed by atoms with Gasteiger partial charge in [-0.2, -0.15) is 0 Å². The molecule has 1 rings (SSSR count). The van der Waals surface area contributed by atoms with E-state index in [9.17, 15) is 0 Å². The molecule has 0 bridgehead atoms. The molecular formula is C11H21N5. The van der Waals surface area contributed by atoms with Crippen molar-refractivity contribution >= 4 is 0 Å². The van der Waals surface area contributed by atoms with Crippen LogP contribution in [-0.4, -0.2) is 41.1 Å². The monoisotopic (exact) mass is 223 g/mol. The zero-order chi connectivity index (χ0) is 11.5. The first-order valence-electron chi connectivity index (χ1n) is 5.95. The Kier molecular flexibility index (Phi) is 7.45. The predicted octanol–water partition coefficient (Wildman–Crippen LogP) is 0.393. The lowest BCUT2D eigenvalue weighted by molar-refractivity contribution is 0.589. The lowest BCUT2D eigenvalue weighted by atomic mass is 10.3. The van der Waals surface area contributed by atoms with Gasteiger partial charge in [0, 0.05) is 19.5 Å². The molecule has 90 valence electrons. The molecule has 0 fully saturated rings. The summed E-state index contributed by atoms with van der Waals surface area (Å²) in [4.78, 5) is 11.9. The maximum atomic E-state index is 4.07. The number of rotatable bonds is 9. The minimum absolute atomic E-state index is 0.876. The highest BCUT2D eigenvalue weighted by Gasteiger charge is 1.94. The molecular weight excluding hydrogens is 202 g/mol. The molecule has 0 aliphatic heterocycles. The van der Waals surface area contributed by atoms with Crippen LogP contribution in [0.5, 0.6) is 0 Å². The average Bonchev–Trinajstić information content (AvgIpc) is 2.34. The highest BCUT2D eigenvalue weighted by molar-refractivity contribution is 4.81. The molecule has 1 aromatic rings. The molecule has 0 saturated heterocycles. The largest absolute Gasteiger partial charge is 0.315 e. The van der Waals surface area contributed by atoms with Gasteiger partial charge in [0.15, 0.2) is 0 Å². The number of aromatic nitrogens is 3. The number of nitrogens with one attached hydrogen (secondary N) is 2. The van der Waals surface area contributed by atoms with E-state index in [0.717, 1.165) is 44.8 Å². The second-order valence-electron chi connectivity index (χ2n) is 3.66. The Hall–Kier alpha value is -1.07. The fraction of sp³-hybridized carbons (Fsp3) is 0.727. The molecule has 0 aliphatic rings. The Morgan fingerprint density at radius 1 is 1.00 bits per heavy atom. The van der Waals surface area contributed by atoms with Crippen LogP contribution in [0, 0.1) is 0 Å². The number of hydrogen-bond donors (Lipinski definition) is 2. The molecule has 2 N–H and O–H groups in total. The lowest BCUT2D eigenvalue weighted by Gasteiger charge is -2.05. The van der Waals surface area contributed by atoms with Gasteiger partial charge in [-0.05, 0) is 25.9 Å². The third kappa shape index (κ3) is 6.42. The van der Waals surface area contributed by atoms with E-state index in [2.05, 4.69) is 32.5 Å². The van der Waals surface area contributed by atoms with Gasteiger partial charge in [-0.3, -0.25) is 0 Å². The standard InChI is InChI=1S/C11H21N5/c1-2-5-12-7-8-13-6-3-4-11-15-9-14-10-16-11/h9-10,12-13H,2-8H2,1H3. The summed E-state index contributed by atoms with van der Waals surface area (Å²) >= 11 is 0. The topological polar surface area (TPSA) is 62.7 Å². The zero-order valence-corrected chi connectivity index (χ0v) is 9.95.